The van der Waals surface area contributed by atoms with Crippen LogP contribution >= 0.6 is 11.6 Å². The number of anilines is 2. The average molecular weight is 320 g/mol. The first-order valence-electron chi connectivity index (χ1n) is 7.01. The summed E-state index contributed by atoms with van der Waals surface area (Å²) in [6.45, 7) is 4.25. The molecule has 0 saturated carbocycles. The van der Waals surface area contributed by atoms with E-state index in [-0.39, 0.29) is 5.91 Å². The highest BCUT2D eigenvalue weighted by Gasteiger charge is 2.15. The number of amides is 1. The minimum absolute atomic E-state index is 0.193. The third-order valence-corrected chi connectivity index (χ3v) is 3.15. The van der Waals surface area contributed by atoms with Gasteiger partial charge in [-0.3, -0.25) is 4.79 Å². The number of hydrogen-bond donors (Lipinski definition) is 2. The van der Waals surface area contributed by atoms with E-state index in [0.29, 0.717) is 23.2 Å². The number of halogens is 1. The van der Waals surface area contributed by atoms with Crippen LogP contribution in [0.15, 0.2) is 42.6 Å². The molecular formula is C16H18ClN3O2. The molecular weight excluding hydrogens is 302 g/mol. The largest absolute Gasteiger partial charge is 0.492 e. The summed E-state index contributed by atoms with van der Waals surface area (Å²) in [6, 6.07) is 10.4. The molecule has 116 valence electrons. The molecule has 5 nitrogen and oxygen atoms in total. The lowest BCUT2D eigenvalue weighted by Crippen LogP contribution is -2.32. The van der Waals surface area contributed by atoms with Gasteiger partial charge in [0.25, 0.3) is 0 Å². The summed E-state index contributed by atoms with van der Waals surface area (Å²) in [5.41, 5.74) is 0.774. The van der Waals surface area contributed by atoms with Crippen molar-refractivity contribution in [2.45, 2.75) is 19.9 Å². The van der Waals surface area contributed by atoms with Gasteiger partial charge >= 0.3 is 0 Å². The van der Waals surface area contributed by atoms with Crippen molar-refractivity contribution in [1.29, 1.82) is 0 Å². The molecule has 1 aromatic heterocycles. The van der Waals surface area contributed by atoms with E-state index in [2.05, 4.69) is 15.6 Å². The number of benzene rings is 1. The first-order chi connectivity index (χ1) is 10.6. The second kappa shape index (κ2) is 7.66. The number of nitrogens with one attached hydrogen (secondary N) is 2. The Morgan fingerprint density at radius 1 is 1.32 bits per heavy atom. The fourth-order valence-electron chi connectivity index (χ4n) is 1.85. The van der Waals surface area contributed by atoms with Crippen molar-refractivity contribution < 1.29 is 9.53 Å². The number of carbonyl (C=O) groups is 1. The number of pyridine rings is 1. The molecule has 0 spiro atoms. The number of carbonyl (C=O) groups excluding carboxylic acids is 1. The van der Waals surface area contributed by atoms with Crippen molar-refractivity contribution >= 4 is 29.0 Å². The number of nitrogens with zero attached hydrogens (tertiary/aromatic N) is 1. The van der Waals surface area contributed by atoms with Gasteiger partial charge in [0.15, 0.2) is 0 Å². The molecule has 0 fully saturated rings. The van der Waals surface area contributed by atoms with Gasteiger partial charge in [0, 0.05) is 6.20 Å². The monoisotopic (exact) mass is 319 g/mol. The van der Waals surface area contributed by atoms with Crippen LogP contribution in [0.1, 0.15) is 13.8 Å². The first-order valence-corrected chi connectivity index (χ1v) is 7.38. The number of rotatable bonds is 6. The van der Waals surface area contributed by atoms with Crippen LogP contribution in [0.5, 0.6) is 5.75 Å². The van der Waals surface area contributed by atoms with E-state index in [1.165, 1.54) is 6.20 Å². The standard InChI is InChI=1S/C16H18ClN3O2/c1-3-22-14-7-5-4-6-13(14)19-11(2)16(21)20-15-9-8-12(17)10-18-15/h4-11,19H,3H2,1-2H3,(H,18,20,21). The van der Waals surface area contributed by atoms with Gasteiger partial charge in [0.2, 0.25) is 5.91 Å². The molecule has 0 aliphatic heterocycles. The van der Waals surface area contributed by atoms with Gasteiger partial charge in [0.05, 0.1) is 17.3 Å². The topological polar surface area (TPSA) is 63.2 Å². The molecule has 0 radical (unpaired) electrons. The summed E-state index contributed by atoms with van der Waals surface area (Å²) in [5.74, 6) is 0.983. The number of ether oxygens (including phenoxy) is 1. The molecule has 6 heteroatoms. The minimum Gasteiger partial charge on any atom is -0.492 e. The zero-order valence-electron chi connectivity index (χ0n) is 12.5. The molecule has 2 rings (SSSR count). The average Bonchev–Trinajstić information content (AvgIpc) is 2.51. The molecule has 22 heavy (non-hydrogen) atoms. The van der Waals surface area contributed by atoms with Crippen molar-refractivity contribution in [3.8, 4) is 5.75 Å². The molecule has 0 bridgehead atoms. The van der Waals surface area contributed by atoms with E-state index in [1.807, 2.05) is 31.2 Å². The number of aromatic nitrogens is 1. The van der Waals surface area contributed by atoms with Crippen molar-refractivity contribution in [1.82, 2.24) is 4.98 Å². The van der Waals surface area contributed by atoms with Gasteiger partial charge in [-0.15, -0.1) is 0 Å². The molecule has 0 aliphatic carbocycles. The second-order valence-electron chi connectivity index (χ2n) is 4.65. The predicted octanol–water partition coefficient (Wildman–Crippen LogP) is 3.57. The van der Waals surface area contributed by atoms with Gasteiger partial charge < -0.3 is 15.4 Å². The molecule has 0 aliphatic rings. The molecule has 2 aromatic rings. The fraction of sp³-hybridized carbons (Fsp3) is 0.250. The minimum atomic E-state index is -0.445. The smallest absolute Gasteiger partial charge is 0.247 e. The SMILES string of the molecule is CCOc1ccccc1NC(C)C(=O)Nc1ccc(Cl)cn1. The van der Waals surface area contributed by atoms with E-state index >= 15 is 0 Å². The normalized spacial score (nSPS) is 11.6. The number of hydrogen-bond acceptors (Lipinski definition) is 4. The van der Waals surface area contributed by atoms with E-state index < -0.39 is 6.04 Å². The highest BCUT2D eigenvalue weighted by molar-refractivity contribution is 6.30. The van der Waals surface area contributed by atoms with Crippen molar-refractivity contribution in [3.63, 3.8) is 0 Å². The zero-order valence-corrected chi connectivity index (χ0v) is 13.2. The highest BCUT2D eigenvalue weighted by Crippen LogP contribution is 2.24. The maximum Gasteiger partial charge on any atom is 0.247 e. The zero-order chi connectivity index (χ0) is 15.9. The van der Waals surface area contributed by atoms with Crippen LogP contribution in [0, 0.1) is 0 Å². The Kier molecular flexibility index (Phi) is 5.61. The summed E-state index contributed by atoms with van der Waals surface area (Å²) < 4.78 is 5.53. The molecule has 1 atom stereocenters. The molecule has 0 saturated heterocycles. The van der Waals surface area contributed by atoms with E-state index in [9.17, 15) is 4.79 Å². The summed E-state index contributed by atoms with van der Waals surface area (Å²) in [4.78, 5) is 16.2. The Morgan fingerprint density at radius 2 is 2.09 bits per heavy atom. The van der Waals surface area contributed by atoms with Crippen LogP contribution < -0.4 is 15.4 Å². The van der Waals surface area contributed by atoms with Crippen LogP contribution in [0.3, 0.4) is 0 Å². The van der Waals surface area contributed by atoms with E-state index in [1.54, 1.807) is 19.1 Å². The lowest BCUT2D eigenvalue weighted by Gasteiger charge is -2.17. The van der Waals surface area contributed by atoms with Gasteiger partial charge in [-0.25, -0.2) is 4.98 Å². The molecule has 2 N–H and O–H groups in total. The van der Waals surface area contributed by atoms with Crippen LogP contribution in [-0.2, 0) is 4.79 Å². The van der Waals surface area contributed by atoms with Gasteiger partial charge in [-0.1, -0.05) is 23.7 Å². The summed E-state index contributed by atoms with van der Waals surface area (Å²) in [6.07, 6.45) is 1.49. The van der Waals surface area contributed by atoms with Crippen LogP contribution in [-0.4, -0.2) is 23.5 Å². The van der Waals surface area contributed by atoms with E-state index in [4.69, 9.17) is 16.3 Å². The van der Waals surface area contributed by atoms with Crippen molar-refractivity contribution in [3.05, 3.63) is 47.6 Å². The Morgan fingerprint density at radius 3 is 2.77 bits per heavy atom. The highest BCUT2D eigenvalue weighted by atomic mass is 35.5. The van der Waals surface area contributed by atoms with E-state index in [0.717, 1.165) is 5.69 Å². The Balaban J connectivity index is 2.00. The van der Waals surface area contributed by atoms with Gasteiger partial charge in [-0.2, -0.15) is 0 Å². The fourth-order valence-corrected chi connectivity index (χ4v) is 1.96. The molecule has 1 heterocycles. The third-order valence-electron chi connectivity index (χ3n) is 2.93. The lowest BCUT2D eigenvalue weighted by molar-refractivity contribution is -0.116. The van der Waals surface area contributed by atoms with Crippen molar-refractivity contribution in [2.24, 2.45) is 0 Å². The quantitative estimate of drug-likeness (QED) is 0.854. The van der Waals surface area contributed by atoms with Crippen LogP contribution in [0.4, 0.5) is 11.5 Å². The Labute approximate surface area is 134 Å². The Hall–Kier alpha value is -2.27. The van der Waals surface area contributed by atoms with Crippen LogP contribution in [0.2, 0.25) is 5.02 Å². The maximum atomic E-state index is 12.2. The Bertz CT molecular complexity index is 632. The predicted molar refractivity (Wildman–Crippen MR) is 88.6 cm³/mol. The molecule has 1 unspecified atom stereocenters. The van der Waals surface area contributed by atoms with Gasteiger partial charge in [-0.05, 0) is 38.1 Å². The lowest BCUT2D eigenvalue weighted by atomic mass is 10.2. The second-order valence-corrected chi connectivity index (χ2v) is 5.08. The van der Waals surface area contributed by atoms with Crippen molar-refractivity contribution in [2.75, 3.05) is 17.2 Å². The number of para-hydroxylation sites is 2. The summed E-state index contributed by atoms with van der Waals surface area (Å²) in [7, 11) is 0. The first kappa shape index (κ1) is 16.1. The summed E-state index contributed by atoms with van der Waals surface area (Å²) in [5, 5.41) is 6.39. The molecule has 1 aromatic carbocycles. The summed E-state index contributed by atoms with van der Waals surface area (Å²) >= 11 is 5.76. The third kappa shape index (κ3) is 4.36. The van der Waals surface area contributed by atoms with Crippen LogP contribution in [0.25, 0.3) is 0 Å². The molecule has 1 amide bonds. The maximum absolute atomic E-state index is 12.2. The van der Waals surface area contributed by atoms with Gasteiger partial charge in [0.1, 0.15) is 17.6 Å².